The summed E-state index contributed by atoms with van der Waals surface area (Å²) in [4.78, 5) is 56.5. The second-order valence-electron chi connectivity index (χ2n) is 15.2. The van der Waals surface area contributed by atoms with Crippen molar-refractivity contribution in [2.75, 3.05) is 33.2 Å². The van der Waals surface area contributed by atoms with Gasteiger partial charge >= 0.3 is 12.1 Å². The number of amides is 3. The van der Waals surface area contributed by atoms with Crippen molar-refractivity contribution in [3.63, 3.8) is 0 Å². The van der Waals surface area contributed by atoms with E-state index < -0.39 is 65.7 Å². The highest BCUT2D eigenvalue weighted by Gasteiger charge is 2.64. The molecule has 2 fully saturated rings. The van der Waals surface area contributed by atoms with Gasteiger partial charge in [-0.2, -0.15) is 12.6 Å². The van der Waals surface area contributed by atoms with Crippen molar-refractivity contribution in [1.29, 1.82) is 0 Å². The number of likely N-dealkylation sites (N-methyl/N-ethyl adjacent to an activating group) is 1. The third-order valence-electron chi connectivity index (χ3n) is 10.5. The number of ether oxygens (including phenoxy) is 5. The number of alkyl carbamates (subject to hydrolysis) is 1. The van der Waals surface area contributed by atoms with Crippen molar-refractivity contribution in [3.05, 3.63) is 46.5 Å². The first-order valence-electron chi connectivity index (χ1n) is 17.7. The molecule has 0 saturated carbocycles. The SMILES string of the molecule is COc1cc2cc(c1Cl)N(C)C(=O)C[C@H](OC(=O)[C@H](C)N(C)C(=O)CCC(C)(C)S)[C@]1(C)O[C@H]1[C@H](C)[C@@H]1C[C@@](O)(NC(=O)O1)[C@H](OC)/C=C/C=C(\C)C2.O. The molecule has 3 amide bonds. The van der Waals surface area contributed by atoms with Crippen molar-refractivity contribution in [2.24, 2.45) is 5.92 Å². The van der Waals surface area contributed by atoms with Gasteiger partial charge < -0.3 is 44.1 Å². The van der Waals surface area contributed by atoms with Crippen LogP contribution in [0.15, 0.2) is 35.9 Å². The quantitative estimate of drug-likeness (QED) is 0.196. The van der Waals surface area contributed by atoms with Crippen LogP contribution in [0.3, 0.4) is 0 Å². The fourth-order valence-electron chi connectivity index (χ4n) is 6.81. The van der Waals surface area contributed by atoms with Gasteiger partial charge in [-0.05, 0) is 51.3 Å². The summed E-state index contributed by atoms with van der Waals surface area (Å²) in [6.07, 6.45) is 1.61. The molecule has 16 heteroatoms. The van der Waals surface area contributed by atoms with Crippen LogP contribution in [-0.2, 0) is 39.8 Å². The minimum Gasteiger partial charge on any atom is -0.495 e. The zero-order valence-electron chi connectivity index (χ0n) is 32.7. The maximum Gasteiger partial charge on any atom is 0.409 e. The largest absolute Gasteiger partial charge is 0.495 e. The molecule has 3 aliphatic rings. The number of hydrogen-bond donors (Lipinski definition) is 3. The summed E-state index contributed by atoms with van der Waals surface area (Å²) < 4.78 is 28.8. The zero-order valence-corrected chi connectivity index (χ0v) is 34.4. The van der Waals surface area contributed by atoms with Crippen LogP contribution in [0.25, 0.3) is 0 Å². The number of thiol groups is 1. The molecule has 0 radical (unpaired) electrons. The van der Waals surface area contributed by atoms with E-state index >= 15 is 0 Å². The molecule has 4 rings (SSSR count). The van der Waals surface area contributed by atoms with E-state index in [4.69, 9.17) is 35.3 Å². The molecule has 8 atom stereocenters. The lowest BCUT2D eigenvalue weighted by atomic mass is 9.83. The Labute approximate surface area is 328 Å². The predicted molar refractivity (Wildman–Crippen MR) is 207 cm³/mol. The van der Waals surface area contributed by atoms with E-state index in [2.05, 4.69) is 17.9 Å². The van der Waals surface area contributed by atoms with E-state index in [0.29, 0.717) is 24.3 Å². The van der Waals surface area contributed by atoms with Crippen molar-refractivity contribution in [2.45, 2.75) is 120 Å². The lowest BCUT2D eigenvalue weighted by Crippen LogP contribution is -2.63. The number of esters is 1. The number of aliphatic hydroxyl groups is 1. The third-order valence-corrected chi connectivity index (χ3v) is 11.1. The molecular formula is C38H56ClN3O11S. The second-order valence-corrected chi connectivity index (χ2v) is 16.8. The lowest BCUT2D eigenvalue weighted by molar-refractivity contribution is -0.162. The average molecular weight is 798 g/mol. The van der Waals surface area contributed by atoms with Crippen molar-refractivity contribution in [3.8, 4) is 5.75 Å². The molecule has 0 aromatic heterocycles. The monoisotopic (exact) mass is 797 g/mol. The molecule has 0 spiro atoms. The predicted octanol–water partition coefficient (Wildman–Crippen LogP) is 4.18. The Morgan fingerprint density at radius 2 is 1.93 bits per heavy atom. The van der Waals surface area contributed by atoms with Crippen molar-refractivity contribution in [1.82, 2.24) is 10.2 Å². The maximum atomic E-state index is 14.1. The molecular weight excluding hydrogens is 742 g/mol. The summed E-state index contributed by atoms with van der Waals surface area (Å²) in [6.45, 7) is 10.8. The number of benzene rings is 1. The van der Waals surface area contributed by atoms with E-state index in [-0.39, 0.29) is 40.4 Å². The van der Waals surface area contributed by atoms with Crippen LogP contribution in [0.1, 0.15) is 72.8 Å². The van der Waals surface area contributed by atoms with Gasteiger partial charge in [0.25, 0.3) is 0 Å². The van der Waals surface area contributed by atoms with E-state index in [0.717, 1.165) is 11.1 Å². The van der Waals surface area contributed by atoms with Crippen LogP contribution in [0.2, 0.25) is 5.02 Å². The highest BCUT2D eigenvalue weighted by atomic mass is 35.5. The molecule has 4 bridgehead atoms. The molecule has 0 aliphatic carbocycles. The van der Waals surface area contributed by atoms with Gasteiger partial charge in [-0.25, -0.2) is 9.59 Å². The lowest BCUT2D eigenvalue weighted by Gasteiger charge is -2.42. The fraction of sp³-hybridized carbons (Fsp3) is 0.632. The first kappa shape index (κ1) is 45.1. The standard InChI is InChI=1S/C38H54ClN3O10S.H2O/c1-21-12-11-13-28(49-10)38(47)20-27(50-35(46)40-38)22(2)33-37(6,52-33)29(51-34(45)23(3)41(7)30(43)14-15-36(4,5)53)19-31(44)42(8)25-17-24(16-21)18-26(48-9)32(25)39;/h11-13,17-18,22-23,27-29,33,47,53H,14-16,19-20H2,1-10H3,(H,40,46);1H2/b13-11+,21-12+;/t22-,23+,27+,28-,29+,33+,37+,38+;/m1./s1. The second kappa shape index (κ2) is 17.6. The van der Waals surface area contributed by atoms with E-state index in [1.807, 2.05) is 26.8 Å². The van der Waals surface area contributed by atoms with Gasteiger partial charge in [-0.1, -0.05) is 56.2 Å². The Bertz CT molecular complexity index is 1630. The van der Waals surface area contributed by atoms with Gasteiger partial charge in [0, 0.05) is 44.7 Å². The molecule has 14 nitrogen and oxygen atoms in total. The first-order chi connectivity index (χ1) is 24.6. The van der Waals surface area contributed by atoms with Crippen LogP contribution < -0.4 is 15.0 Å². The fourth-order valence-corrected chi connectivity index (χ4v) is 7.23. The normalized spacial score (nSPS) is 30.9. The minimum absolute atomic E-state index is 0. The van der Waals surface area contributed by atoms with Gasteiger partial charge in [0.05, 0.1) is 25.3 Å². The summed E-state index contributed by atoms with van der Waals surface area (Å²) in [6, 6.07) is 2.60. The number of fused-ring (bicyclic) bond motifs is 5. The number of allylic oxidation sites excluding steroid dienone is 3. The smallest absolute Gasteiger partial charge is 0.409 e. The van der Waals surface area contributed by atoms with Gasteiger partial charge in [0.2, 0.25) is 11.8 Å². The van der Waals surface area contributed by atoms with Crippen LogP contribution in [-0.4, -0.2) is 114 Å². The molecule has 4 N–H and O–H groups in total. The summed E-state index contributed by atoms with van der Waals surface area (Å²) in [5.41, 5.74) is -0.916. The zero-order chi connectivity index (χ0) is 39.6. The molecule has 1 aromatic carbocycles. The summed E-state index contributed by atoms with van der Waals surface area (Å²) >= 11 is 11.3. The number of epoxide rings is 1. The van der Waals surface area contributed by atoms with Crippen LogP contribution in [0.5, 0.6) is 5.75 Å². The van der Waals surface area contributed by atoms with E-state index in [1.165, 1.54) is 31.1 Å². The molecule has 3 aliphatic heterocycles. The van der Waals surface area contributed by atoms with Crippen LogP contribution in [0.4, 0.5) is 10.5 Å². The minimum atomic E-state index is -1.83. The van der Waals surface area contributed by atoms with E-state index in [1.54, 1.807) is 52.1 Å². The number of nitrogens with zero attached hydrogens (tertiary/aromatic N) is 2. The van der Waals surface area contributed by atoms with Gasteiger partial charge in [-0.3, -0.25) is 14.9 Å². The molecule has 3 heterocycles. The van der Waals surface area contributed by atoms with Gasteiger partial charge in [-0.15, -0.1) is 0 Å². The molecule has 2 saturated heterocycles. The number of anilines is 1. The molecule has 0 unspecified atom stereocenters. The highest BCUT2D eigenvalue weighted by Crippen LogP contribution is 2.49. The Hall–Kier alpha value is -3.34. The number of methoxy groups -OCH3 is 2. The van der Waals surface area contributed by atoms with Crippen molar-refractivity contribution < 1.29 is 53.4 Å². The molecule has 302 valence electrons. The number of nitrogens with one attached hydrogen (secondary N) is 1. The maximum absolute atomic E-state index is 14.1. The number of halogens is 1. The number of carbonyl (C=O) groups is 4. The summed E-state index contributed by atoms with van der Waals surface area (Å²) in [5, 5.41) is 14.5. The summed E-state index contributed by atoms with van der Waals surface area (Å²) in [7, 11) is 6.02. The Morgan fingerprint density at radius 1 is 1.26 bits per heavy atom. The average Bonchev–Trinajstić information content (AvgIpc) is 3.78. The first-order valence-corrected chi connectivity index (χ1v) is 18.5. The topological polar surface area (TPSA) is 188 Å². The molecule has 1 aromatic rings. The van der Waals surface area contributed by atoms with E-state index in [9.17, 15) is 24.3 Å². The van der Waals surface area contributed by atoms with Gasteiger partial charge in [0.1, 0.15) is 40.7 Å². The van der Waals surface area contributed by atoms with Crippen LogP contribution in [0, 0.1) is 5.92 Å². The van der Waals surface area contributed by atoms with Crippen molar-refractivity contribution >= 4 is 53.8 Å². The number of rotatable bonds is 8. The molecule has 54 heavy (non-hydrogen) atoms. The Balaban J connectivity index is 0.00000784. The number of carbonyl (C=O) groups excluding carboxylic acids is 4. The van der Waals surface area contributed by atoms with Crippen LogP contribution >= 0.6 is 24.2 Å². The third kappa shape index (κ3) is 10.3. The van der Waals surface area contributed by atoms with Gasteiger partial charge in [0.15, 0.2) is 5.72 Å². The Kier molecular flexibility index (Phi) is 14.7. The number of hydrogen-bond acceptors (Lipinski definition) is 11. The summed E-state index contributed by atoms with van der Waals surface area (Å²) in [5.74, 6) is -1.58. The highest BCUT2D eigenvalue weighted by molar-refractivity contribution is 7.81. The Morgan fingerprint density at radius 3 is 2.54 bits per heavy atom.